The second-order valence-corrected chi connectivity index (χ2v) is 3.31. The molecular weight excluding hydrogens is 172 g/mol. The Morgan fingerprint density at radius 2 is 2.00 bits per heavy atom. The molecule has 1 heteroatoms. The predicted molar refractivity (Wildman–Crippen MR) is 59.9 cm³/mol. The maximum absolute atomic E-state index is 5.39. The van der Waals surface area contributed by atoms with Gasteiger partial charge in [0.2, 0.25) is 0 Å². The van der Waals surface area contributed by atoms with Crippen molar-refractivity contribution in [1.82, 2.24) is 0 Å². The van der Waals surface area contributed by atoms with E-state index >= 15 is 0 Å². The van der Waals surface area contributed by atoms with Gasteiger partial charge in [-0.15, -0.1) is 0 Å². The molecule has 1 rings (SSSR count). The highest BCUT2D eigenvalue weighted by atomic mass is 16.5. The van der Waals surface area contributed by atoms with Crippen molar-refractivity contribution in [1.29, 1.82) is 0 Å². The third-order valence-corrected chi connectivity index (χ3v) is 2.01. The molecule has 0 radical (unpaired) electrons. The molecule has 1 aromatic carbocycles. The summed E-state index contributed by atoms with van der Waals surface area (Å²) in [5.74, 6) is 0. The van der Waals surface area contributed by atoms with Crippen LogP contribution in [0.5, 0.6) is 0 Å². The van der Waals surface area contributed by atoms with E-state index in [1.807, 2.05) is 24.5 Å². The molecule has 0 N–H and O–H groups in total. The fraction of sp³-hybridized carbons (Fsp3) is 0.385. The monoisotopic (exact) mass is 190 g/mol. The fourth-order valence-corrected chi connectivity index (χ4v) is 1.18. The highest BCUT2D eigenvalue weighted by Crippen LogP contribution is 2.01. The zero-order chi connectivity index (χ0) is 10.1. The van der Waals surface area contributed by atoms with Crippen LogP contribution >= 0.6 is 0 Å². The van der Waals surface area contributed by atoms with E-state index in [0.717, 1.165) is 6.42 Å². The average Bonchev–Trinajstić information content (AvgIpc) is 2.25. The number of rotatable bonds is 6. The molecule has 0 unspecified atom stereocenters. The van der Waals surface area contributed by atoms with Crippen LogP contribution in [0.15, 0.2) is 42.7 Å². The zero-order valence-electron chi connectivity index (χ0n) is 8.78. The Hall–Kier alpha value is -1.24. The topological polar surface area (TPSA) is 9.23 Å². The third kappa shape index (κ3) is 4.70. The van der Waals surface area contributed by atoms with Gasteiger partial charge in [-0.05, 0) is 24.5 Å². The smallest absolute Gasteiger partial charge is 0.112 e. The van der Waals surface area contributed by atoms with Crippen LogP contribution in [-0.2, 0) is 11.3 Å². The van der Waals surface area contributed by atoms with Gasteiger partial charge in [0.25, 0.3) is 0 Å². The van der Waals surface area contributed by atoms with Crippen LogP contribution in [0.3, 0.4) is 0 Å². The summed E-state index contributed by atoms with van der Waals surface area (Å²) in [7, 11) is 0. The predicted octanol–water partition coefficient (Wildman–Crippen LogP) is 3.91. The Labute approximate surface area is 86.4 Å². The van der Waals surface area contributed by atoms with Gasteiger partial charge >= 0.3 is 0 Å². The molecule has 0 bridgehead atoms. The lowest BCUT2D eigenvalue weighted by molar-refractivity contribution is 0.235. The summed E-state index contributed by atoms with van der Waals surface area (Å²) >= 11 is 0. The van der Waals surface area contributed by atoms with E-state index in [2.05, 4.69) is 25.1 Å². The van der Waals surface area contributed by atoms with Crippen molar-refractivity contribution >= 4 is 0 Å². The largest absolute Gasteiger partial charge is 0.497 e. The number of hydrogen-bond donors (Lipinski definition) is 0. The number of hydrogen-bond acceptors (Lipinski definition) is 1. The average molecular weight is 190 g/mol. The molecule has 0 spiro atoms. The first-order valence-corrected chi connectivity index (χ1v) is 5.24. The van der Waals surface area contributed by atoms with Crippen molar-refractivity contribution in [2.45, 2.75) is 32.8 Å². The maximum Gasteiger partial charge on any atom is 0.112 e. The molecular formula is C13H18O. The summed E-state index contributed by atoms with van der Waals surface area (Å²) in [6.07, 6.45) is 7.49. The Morgan fingerprint density at radius 3 is 2.71 bits per heavy atom. The number of allylic oxidation sites excluding steroid dienone is 1. The van der Waals surface area contributed by atoms with Crippen molar-refractivity contribution in [2.24, 2.45) is 0 Å². The molecule has 0 saturated heterocycles. The molecule has 0 aromatic heterocycles. The van der Waals surface area contributed by atoms with Gasteiger partial charge in [0.1, 0.15) is 6.61 Å². The molecule has 0 aliphatic rings. The minimum atomic E-state index is 0.670. The lowest BCUT2D eigenvalue weighted by atomic mass is 10.2. The third-order valence-electron chi connectivity index (χ3n) is 2.01. The second-order valence-electron chi connectivity index (χ2n) is 3.31. The molecule has 0 saturated carbocycles. The molecule has 0 heterocycles. The fourth-order valence-electron chi connectivity index (χ4n) is 1.18. The van der Waals surface area contributed by atoms with Gasteiger partial charge in [-0.25, -0.2) is 0 Å². The van der Waals surface area contributed by atoms with Crippen LogP contribution in [0.25, 0.3) is 0 Å². The molecule has 0 atom stereocenters. The van der Waals surface area contributed by atoms with Crippen molar-refractivity contribution in [3.63, 3.8) is 0 Å². The van der Waals surface area contributed by atoms with E-state index in [9.17, 15) is 0 Å². The van der Waals surface area contributed by atoms with Crippen molar-refractivity contribution in [3.05, 3.63) is 48.2 Å². The first kappa shape index (κ1) is 10.8. The normalized spacial score (nSPS) is 10.6. The quantitative estimate of drug-likeness (QED) is 0.488. The number of unbranched alkanes of at least 4 members (excludes halogenated alkanes) is 2. The van der Waals surface area contributed by atoms with Crippen LogP contribution in [0.4, 0.5) is 0 Å². The van der Waals surface area contributed by atoms with Gasteiger partial charge in [-0.2, -0.15) is 0 Å². The molecule has 1 aromatic rings. The summed E-state index contributed by atoms with van der Waals surface area (Å²) in [4.78, 5) is 0. The van der Waals surface area contributed by atoms with Gasteiger partial charge in [0.05, 0.1) is 6.26 Å². The molecule has 0 aliphatic heterocycles. The lowest BCUT2D eigenvalue weighted by Gasteiger charge is -1.99. The highest BCUT2D eigenvalue weighted by Gasteiger charge is 1.87. The van der Waals surface area contributed by atoms with E-state index in [1.165, 1.54) is 18.4 Å². The minimum absolute atomic E-state index is 0.670. The molecule has 0 aliphatic carbocycles. The summed E-state index contributed by atoms with van der Waals surface area (Å²) < 4.78 is 5.39. The van der Waals surface area contributed by atoms with Crippen LogP contribution in [-0.4, -0.2) is 0 Å². The Morgan fingerprint density at radius 1 is 1.21 bits per heavy atom. The molecule has 1 nitrogen and oxygen atoms in total. The van der Waals surface area contributed by atoms with Gasteiger partial charge in [-0.3, -0.25) is 0 Å². The van der Waals surface area contributed by atoms with E-state index < -0.39 is 0 Å². The SMILES string of the molecule is CCCCC=COCc1ccccc1. The zero-order valence-corrected chi connectivity index (χ0v) is 8.78. The van der Waals surface area contributed by atoms with Crippen LogP contribution < -0.4 is 0 Å². The molecule has 14 heavy (non-hydrogen) atoms. The van der Waals surface area contributed by atoms with Crippen LogP contribution in [0.2, 0.25) is 0 Å². The minimum Gasteiger partial charge on any atom is -0.497 e. The van der Waals surface area contributed by atoms with E-state index in [4.69, 9.17) is 4.74 Å². The van der Waals surface area contributed by atoms with Crippen molar-refractivity contribution < 1.29 is 4.74 Å². The standard InChI is InChI=1S/C13H18O/c1-2-3-4-8-11-14-12-13-9-6-5-7-10-13/h5-11H,2-4,12H2,1H3. The number of benzene rings is 1. The van der Waals surface area contributed by atoms with E-state index in [0.29, 0.717) is 6.61 Å². The number of ether oxygens (including phenoxy) is 1. The van der Waals surface area contributed by atoms with Crippen molar-refractivity contribution in [2.75, 3.05) is 0 Å². The lowest BCUT2D eigenvalue weighted by Crippen LogP contribution is -1.84. The van der Waals surface area contributed by atoms with Gasteiger partial charge in [-0.1, -0.05) is 43.7 Å². The Kier molecular flexibility index (Phi) is 5.57. The maximum atomic E-state index is 5.39. The Bertz CT molecular complexity index is 251. The summed E-state index contributed by atoms with van der Waals surface area (Å²) in [6, 6.07) is 10.2. The van der Waals surface area contributed by atoms with Crippen LogP contribution in [0, 0.1) is 0 Å². The van der Waals surface area contributed by atoms with Crippen molar-refractivity contribution in [3.8, 4) is 0 Å². The van der Waals surface area contributed by atoms with Crippen LogP contribution in [0.1, 0.15) is 31.7 Å². The first-order chi connectivity index (χ1) is 6.93. The molecule has 0 amide bonds. The highest BCUT2D eigenvalue weighted by molar-refractivity contribution is 5.13. The summed E-state index contributed by atoms with van der Waals surface area (Å²) in [6.45, 7) is 2.86. The summed E-state index contributed by atoms with van der Waals surface area (Å²) in [5.41, 5.74) is 1.22. The van der Waals surface area contributed by atoms with E-state index in [1.54, 1.807) is 0 Å². The van der Waals surface area contributed by atoms with E-state index in [-0.39, 0.29) is 0 Å². The van der Waals surface area contributed by atoms with Gasteiger partial charge in [0, 0.05) is 0 Å². The molecule has 76 valence electrons. The van der Waals surface area contributed by atoms with Gasteiger partial charge < -0.3 is 4.74 Å². The summed E-state index contributed by atoms with van der Waals surface area (Å²) in [5, 5.41) is 0. The first-order valence-electron chi connectivity index (χ1n) is 5.24. The van der Waals surface area contributed by atoms with Gasteiger partial charge in [0.15, 0.2) is 0 Å². The second kappa shape index (κ2) is 7.19. The molecule has 0 fully saturated rings. The Balaban J connectivity index is 2.12.